The molecule has 29 heteroatoms. The van der Waals surface area contributed by atoms with Gasteiger partial charge in [0.1, 0.15) is 13.2 Å². The summed E-state index contributed by atoms with van der Waals surface area (Å²) < 4.78 is 66.9. The number of aromatic nitrogens is 8. The van der Waals surface area contributed by atoms with Gasteiger partial charge in [0.05, 0.1) is 25.6 Å². The largest absolute Gasteiger partial charge is 0.464 e. The van der Waals surface area contributed by atoms with E-state index in [-0.39, 0.29) is 30.0 Å². The van der Waals surface area contributed by atoms with Crippen molar-refractivity contribution in [1.82, 2.24) is 47.6 Å². The molecule has 0 radical (unpaired) electrons. The number of nitrogens with one attached hydrogen (secondary N) is 3. The Balaban J connectivity index is 0.000000297. The molecule has 284 valence electrons. The van der Waals surface area contributed by atoms with Gasteiger partial charge in [-0.2, -0.15) is 26.3 Å². The average molecular weight is 821 g/mol. The number of rotatable bonds is 11. The van der Waals surface area contributed by atoms with Gasteiger partial charge in [0.25, 0.3) is 0 Å². The summed E-state index contributed by atoms with van der Waals surface area (Å²) in [5.41, 5.74) is -1.72. The highest BCUT2D eigenvalue weighted by Crippen LogP contribution is 2.02. The topological polar surface area (TPSA) is 289 Å². The highest BCUT2D eigenvalue weighted by molar-refractivity contribution is 8.12. The molecule has 51 heavy (non-hydrogen) atoms. The number of amides is 2. The van der Waals surface area contributed by atoms with Crippen LogP contribution < -0.4 is 49.6 Å². The third kappa shape index (κ3) is 12.4. The first-order valence-corrected chi connectivity index (χ1v) is 19.5. The Morgan fingerprint density at radius 3 is 1.69 bits per heavy atom. The van der Waals surface area contributed by atoms with Crippen molar-refractivity contribution < 1.29 is 45.6 Å². The minimum atomic E-state index is -4.44. The highest BCUT2D eigenvalue weighted by Gasteiger charge is 2.22. The molecular formula is C22H33ClN12O12S4. The Hall–Kier alpha value is -4.93. The summed E-state index contributed by atoms with van der Waals surface area (Å²) >= 11 is 2.34. The van der Waals surface area contributed by atoms with E-state index in [0.29, 0.717) is 27.4 Å². The van der Waals surface area contributed by atoms with Crippen molar-refractivity contribution in [1.29, 1.82) is 5.41 Å². The SMILES string of the molecule is CCOc1nn(C(=O)NS(=O)(=O)Cl)c(=O)n1C.CCOc1nn(C(=O)NS(=O)(=O)N=c2sccn2OCC)c(=O)n1C.CCOn1ccsc1=N. The predicted molar refractivity (Wildman–Crippen MR) is 179 cm³/mol. The number of carbonyl (C=O) groups excluding carboxylic acids is 2. The standard InChI is InChI=1S/C11H16N6O6S2.C6H9ClN4O5S.C5H8N2OS/c1-4-22-9-12-17(11(19)15(9)3)8(18)13-25(20,21)14-10-16(23-5-2)6-7-24-10;1-3-16-5-8-11(6(13)10(5)2)4(12)9-17(7,14)15;1-2-8-7-3-4-9-5(7)6/h6-7H,4-5H2,1-3H3,(H,13,18);3H2,1-2H3,(H,9,12);3-4,6H,2H2,1H3. The van der Waals surface area contributed by atoms with Gasteiger partial charge >= 0.3 is 54.9 Å². The zero-order valence-electron chi connectivity index (χ0n) is 27.6. The molecule has 2 amide bonds. The Bertz CT molecular complexity index is 2260. The average Bonchev–Trinajstić information content (AvgIpc) is 3.79. The minimum absolute atomic E-state index is 0.00877. The second-order valence-corrected chi connectivity index (χ2v) is 14.0. The van der Waals surface area contributed by atoms with E-state index >= 15 is 0 Å². The van der Waals surface area contributed by atoms with Crippen molar-refractivity contribution in [2.75, 3.05) is 26.4 Å². The highest BCUT2D eigenvalue weighted by atomic mass is 35.7. The molecule has 4 rings (SSSR count). The normalized spacial score (nSPS) is 11.4. The number of carbonyl (C=O) groups is 2. The Morgan fingerprint density at radius 1 is 0.804 bits per heavy atom. The molecule has 24 nitrogen and oxygen atoms in total. The van der Waals surface area contributed by atoms with E-state index in [0.717, 1.165) is 25.2 Å². The maximum absolute atomic E-state index is 12.0. The molecule has 0 saturated heterocycles. The zero-order valence-corrected chi connectivity index (χ0v) is 31.6. The molecule has 4 aromatic rings. The molecule has 0 spiro atoms. The summed E-state index contributed by atoms with van der Waals surface area (Å²) in [5, 5.41) is 17.7. The van der Waals surface area contributed by atoms with Crippen LogP contribution in [0.25, 0.3) is 0 Å². The lowest BCUT2D eigenvalue weighted by Crippen LogP contribution is -2.40. The van der Waals surface area contributed by atoms with Gasteiger partial charge in [0.2, 0.25) is 9.60 Å². The lowest BCUT2D eigenvalue weighted by Gasteiger charge is -2.03. The van der Waals surface area contributed by atoms with Crippen molar-refractivity contribution in [3.05, 3.63) is 53.7 Å². The Morgan fingerprint density at radius 2 is 1.25 bits per heavy atom. The first-order chi connectivity index (χ1) is 23.9. The summed E-state index contributed by atoms with van der Waals surface area (Å²) in [7, 11) is -1.27. The van der Waals surface area contributed by atoms with Gasteiger partial charge < -0.3 is 19.1 Å². The first kappa shape index (κ1) is 42.2. The molecule has 0 saturated carbocycles. The summed E-state index contributed by atoms with van der Waals surface area (Å²) in [6.07, 6.45) is 3.21. The molecular weight excluding hydrogens is 788 g/mol. The van der Waals surface area contributed by atoms with E-state index in [4.69, 9.17) is 35.2 Å². The van der Waals surface area contributed by atoms with Crippen molar-refractivity contribution >= 4 is 64.9 Å². The molecule has 0 aromatic carbocycles. The molecule has 0 atom stereocenters. The third-order valence-electron chi connectivity index (χ3n) is 5.11. The van der Waals surface area contributed by atoms with Crippen LogP contribution in [0.4, 0.5) is 9.59 Å². The summed E-state index contributed by atoms with van der Waals surface area (Å²) in [6.45, 7) is 8.29. The van der Waals surface area contributed by atoms with Gasteiger partial charge in [-0.05, 0) is 27.7 Å². The fraction of sp³-hybridized carbons (Fsp3) is 0.455. The van der Waals surface area contributed by atoms with Gasteiger partial charge in [0.15, 0.2) is 0 Å². The van der Waals surface area contributed by atoms with Crippen molar-refractivity contribution in [3.63, 3.8) is 0 Å². The molecule has 0 fully saturated rings. The zero-order chi connectivity index (χ0) is 38.5. The van der Waals surface area contributed by atoms with Crippen molar-refractivity contribution in [2.24, 2.45) is 18.5 Å². The Kier molecular flexibility index (Phi) is 15.6. The van der Waals surface area contributed by atoms with Crippen LogP contribution in [-0.4, -0.2) is 93.5 Å². The number of ether oxygens (including phenoxy) is 2. The fourth-order valence-electron chi connectivity index (χ4n) is 3.11. The fourth-order valence-corrected chi connectivity index (χ4v) is 5.74. The second-order valence-electron chi connectivity index (χ2n) is 8.64. The van der Waals surface area contributed by atoms with E-state index in [1.54, 1.807) is 37.1 Å². The quantitative estimate of drug-likeness (QED) is 0.141. The maximum Gasteiger partial charge on any atom is 0.361 e. The van der Waals surface area contributed by atoms with E-state index < -0.39 is 42.9 Å². The predicted octanol–water partition coefficient (Wildman–Crippen LogP) is -1.81. The summed E-state index contributed by atoms with van der Waals surface area (Å²) in [6, 6.07) is -2.80. The number of thiazole rings is 2. The van der Waals surface area contributed by atoms with Gasteiger partial charge in [-0.15, -0.1) is 46.6 Å². The van der Waals surface area contributed by atoms with Crippen LogP contribution in [-0.2, 0) is 33.5 Å². The first-order valence-electron chi connectivity index (χ1n) is 14.0. The molecule has 3 N–H and O–H groups in total. The molecule has 0 unspecified atom stereocenters. The molecule has 4 heterocycles. The van der Waals surface area contributed by atoms with Crippen LogP contribution in [0.15, 0.2) is 37.1 Å². The monoisotopic (exact) mass is 820 g/mol. The lowest BCUT2D eigenvalue weighted by molar-refractivity contribution is 0.114. The number of halogens is 1. The van der Waals surface area contributed by atoms with Gasteiger partial charge in [0, 0.05) is 35.5 Å². The van der Waals surface area contributed by atoms with E-state index in [2.05, 4.69) is 14.6 Å². The van der Waals surface area contributed by atoms with Crippen LogP contribution in [0.5, 0.6) is 12.0 Å². The minimum Gasteiger partial charge on any atom is -0.464 e. The molecule has 0 aliphatic rings. The van der Waals surface area contributed by atoms with Gasteiger partial charge in [-0.25, -0.2) is 37.8 Å². The molecule has 4 aromatic heterocycles. The van der Waals surface area contributed by atoms with Crippen LogP contribution in [0.3, 0.4) is 0 Å². The van der Waals surface area contributed by atoms with Crippen molar-refractivity contribution in [2.45, 2.75) is 27.7 Å². The third-order valence-corrected chi connectivity index (χ3v) is 8.12. The molecule has 0 aliphatic carbocycles. The van der Waals surface area contributed by atoms with Crippen LogP contribution in [0, 0.1) is 5.41 Å². The Labute approximate surface area is 300 Å². The van der Waals surface area contributed by atoms with Gasteiger partial charge in [-0.1, -0.05) is 0 Å². The molecule has 0 bridgehead atoms. The lowest BCUT2D eigenvalue weighted by atomic mass is 10.8. The van der Waals surface area contributed by atoms with E-state index in [9.17, 15) is 36.0 Å². The smallest absolute Gasteiger partial charge is 0.361 e. The van der Waals surface area contributed by atoms with Crippen LogP contribution in [0.2, 0.25) is 0 Å². The van der Waals surface area contributed by atoms with Crippen molar-refractivity contribution in [3.8, 4) is 12.0 Å². The van der Waals surface area contributed by atoms with Gasteiger partial charge in [-0.3, -0.25) is 5.41 Å². The van der Waals surface area contributed by atoms with Crippen LogP contribution >= 0.6 is 33.4 Å². The second kappa shape index (κ2) is 18.9. The van der Waals surface area contributed by atoms with Crippen LogP contribution in [0.1, 0.15) is 27.7 Å². The van der Waals surface area contributed by atoms with E-state index in [1.165, 1.54) is 41.1 Å². The number of hydrogen-bond acceptors (Lipinski definition) is 17. The summed E-state index contributed by atoms with van der Waals surface area (Å²) in [4.78, 5) is 57.3. The number of hydrogen-bond donors (Lipinski definition) is 3. The summed E-state index contributed by atoms with van der Waals surface area (Å²) in [5.74, 6) is 0. The maximum atomic E-state index is 12.0. The molecule has 0 aliphatic heterocycles. The number of nitrogens with zero attached hydrogens (tertiary/aromatic N) is 9. The van der Waals surface area contributed by atoms with E-state index in [1.807, 2.05) is 12.3 Å².